The maximum Gasteiger partial charge on any atom is 0.356 e. The number of aromatic nitrogens is 3. The van der Waals surface area contributed by atoms with Gasteiger partial charge in [0.05, 0.1) is 0 Å². The van der Waals surface area contributed by atoms with E-state index < -0.39 is 0 Å². The minimum absolute atomic E-state index is 0.267. The number of rotatable bonds is 3. The molecule has 3 rings (SSSR count). The number of fused-ring (bicyclic) bond motifs is 1. The topological polar surface area (TPSA) is 47.3 Å². The van der Waals surface area contributed by atoms with Crippen LogP contribution in [-0.4, -0.2) is 14.4 Å². The quantitative estimate of drug-likeness (QED) is 0.689. The van der Waals surface area contributed by atoms with Crippen LogP contribution in [-0.2, 0) is 5.75 Å². The first-order chi connectivity index (χ1) is 8.83. The van der Waals surface area contributed by atoms with E-state index in [0.29, 0.717) is 10.1 Å². The fourth-order valence-corrected chi connectivity index (χ4v) is 3.06. The molecule has 0 aliphatic rings. The molecule has 6 heteroatoms. The van der Waals surface area contributed by atoms with Crippen molar-refractivity contribution in [3.05, 3.63) is 58.0 Å². The molecule has 0 atom stereocenters. The van der Waals surface area contributed by atoms with Crippen molar-refractivity contribution in [2.75, 3.05) is 0 Å². The third-order valence-corrected chi connectivity index (χ3v) is 4.06. The molecule has 0 N–H and O–H groups in total. The summed E-state index contributed by atoms with van der Waals surface area (Å²) >= 11 is 2.91. The van der Waals surface area contributed by atoms with Gasteiger partial charge in [-0.25, -0.2) is 9.20 Å². The fraction of sp³-hybridized carbons (Fsp3) is 0.0833. The third-order valence-electron chi connectivity index (χ3n) is 2.39. The highest BCUT2D eigenvalue weighted by Crippen LogP contribution is 2.19. The summed E-state index contributed by atoms with van der Waals surface area (Å²) in [5, 5.41) is 2.36. The molecule has 0 spiro atoms. The highest BCUT2D eigenvalue weighted by molar-refractivity contribution is 7.98. The van der Waals surface area contributed by atoms with Gasteiger partial charge in [0, 0.05) is 17.3 Å². The molecule has 1 aromatic carbocycles. The van der Waals surface area contributed by atoms with Crippen LogP contribution < -0.4 is 5.69 Å². The molecule has 0 fully saturated rings. The van der Waals surface area contributed by atoms with E-state index in [4.69, 9.17) is 0 Å². The number of benzene rings is 1. The van der Waals surface area contributed by atoms with Gasteiger partial charge in [-0.05, 0) is 5.56 Å². The van der Waals surface area contributed by atoms with Crippen molar-refractivity contribution >= 4 is 28.1 Å². The SMILES string of the molecule is O=c1nc(SCc2ccccc2)nc2sccn12. The van der Waals surface area contributed by atoms with E-state index in [1.165, 1.54) is 33.1 Å². The Morgan fingerprint density at radius 3 is 2.89 bits per heavy atom. The summed E-state index contributed by atoms with van der Waals surface area (Å²) in [7, 11) is 0. The molecule has 0 saturated carbocycles. The Bertz CT molecular complexity index is 721. The number of nitrogens with zero attached hydrogens (tertiary/aromatic N) is 3. The van der Waals surface area contributed by atoms with Gasteiger partial charge in [-0.1, -0.05) is 42.1 Å². The van der Waals surface area contributed by atoms with Crippen molar-refractivity contribution < 1.29 is 0 Å². The number of hydrogen-bond donors (Lipinski definition) is 0. The van der Waals surface area contributed by atoms with Crippen LogP contribution in [0, 0.1) is 0 Å². The van der Waals surface area contributed by atoms with Crippen LogP contribution in [0.4, 0.5) is 0 Å². The zero-order chi connectivity index (χ0) is 12.4. The average Bonchev–Trinajstić information content (AvgIpc) is 2.86. The lowest BCUT2D eigenvalue weighted by atomic mass is 10.2. The summed E-state index contributed by atoms with van der Waals surface area (Å²) in [6, 6.07) is 10.1. The number of hydrogen-bond acceptors (Lipinski definition) is 5. The minimum atomic E-state index is -0.267. The van der Waals surface area contributed by atoms with Crippen LogP contribution in [0.1, 0.15) is 5.56 Å². The lowest BCUT2D eigenvalue weighted by molar-refractivity contribution is 0.860. The molecule has 0 unspecified atom stereocenters. The Hall–Kier alpha value is -1.66. The van der Waals surface area contributed by atoms with E-state index in [2.05, 4.69) is 9.97 Å². The number of thiazole rings is 1. The van der Waals surface area contributed by atoms with Crippen LogP contribution in [0.3, 0.4) is 0 Å². The van der Waals surface area contributed by atoms with Crippen LogP contribution in [0.5, 0.6) is 0 Å². The lowest BCUT2D eigenvalue weighted by Gasteiger charge is -2.00. The maximum absolute atomic E-state index is 11.7. The lowest BCUT2D eigenvalue weighted by Crippen LogP contribution is -2.16. The highest BCUT2D eigenvalue weighted by Gasteiger charge is 2.05. The van der Waals surface area contributed by atoms with Gasteiger partial charge < -0.3 is 0 Å². The van der Waals surface area contributed by atoms with Crippen LogP contribution in [0.2, 0.25) is 0 Å². The molecule has 4 nitrogen and oxygen atoms in total. The second-order valence-corrected chi connectivity index (χ2v) is 5.43. The molecule has 90 valence electrons. The molecule has 18 heavy (non-hydrogen) atoms. The first kappa shape index (κ1) is 11.4. The molecule has 0 amide bonds. The van der Waals surface area contributed by atoms with E-state index in [-0.39, 0.29) is 5.69 Å². The Morgan fingerprint density at radius 2 is 2.06 bits per heavy atom. The Labute approximate surface area is 111 Å². The summed E-state index contributed by atoms with van der Waals surface area (Å²) < 4.78 is 1.46. The molecule has 3 aromatic rings. The van der Waals surface area contributed by atoms with Gasteiger partial charge >= 0.3 is 5.69 Å². The van der Waals surface area contributed by atoms with Crippen LogP contribution in [0.25, 0.3) is 4.96 Å². The molecule has 0 radical (unpaired) electrons. The van der Waals surface area contributed by atoms with Crippen LogP contribution in [0.15, 0.2) is 51.9 Å². The normalized spacial score (nSPS) is 10.9. The molecular weight excluding hydrogens is 266 g/mol. The van der Waals surface area contributed by atoms with Gasteiger partial charge in [0.15, 0.2) is 10.1 Å². The van der Waals surface area contributed by atoms with Gasteiger partial charge in [-0.15, -0.1) is 11.3 Å². The van der Waals surface area contributed by atoms with Gasteiger partial charge in [-0.3, -0.25) is 0 Å². The third kappa shape index (κ3) is 2.30. The summed E-state index contributed by atoms with van der Waals surface area (Å²) in [6.45, 7) is 0. The molecular formula is C12H9N3OS2. The predicted molar refractivity (Wildman–Crippen MR) is 73.1 cm³/mol. The van der Waals surface area contributed by atoms with Gasteiger partial charge in [0.1, 0.15) is 0 Å². The summed E-state index contributed by atoms with van der Waals surface area (Å²) in [5.74, 6) is 0.766. The van der Waals surface area contributed by atoms with Crippen molar-refractivity contribution in [1.82, 2.24) is 14.4 Å². The monoisotopic (exact) mass is 275 g/mol. The van der Waals surface area contributed by atoms with Gasteiger partial charge in [0.2, 0.25) is 0 Å². The van der Waals surface area contributed by atoms with Crippen LogP contribution >= 0.6 is 23.1 Å². The fourth-order valence-electron chi connectivity index (χ4n) is 1.53. The minimum Gasteiger partial charge on any atom is -0.245 e. The molecule has 0 aliphatic heterocycles. The molecule has 2 heterocycles. The van der Waals surface area contributed by atoms with E-state index >= 15 is 0 Å². The number of thioether (sulfide) groups is 1. The summed E-state index contributed by atoms with van der Waals surface area (Å²) in [6.07, 6.45) is 1.69. The van der Waals surface area contributed by atoms with Crippen molar-refractivity contribution in [2.24, 2.45) is 0 Å². The second-order valence-electron chi connectivity index (χ2n) is 3.62. The largest absolute Gasteiger partial charge is 0.356 e. The zero-order valence-electron chi connectivity index (χ0n) is 9.31. The summed E-state index contributed by atoms with van der Waals surface area (Å²) in [4.78, 5) is 20.7. The Kier molecular flexibility index (Phi) is 3.12. The molecule has 2 aromatic heterocycles. The van der Waals surface area contributed by atoms with E-state index in [1.54, 1.807) is 6.20 Å². The van der Waals surface area contributed by atoms with E-state index in [1.807, 2.05) is 35.7 Å². The first-order valence-electron chi connectivity index (χ1n) is 5.33. The van der Waals surface area contributed by atoms with Crippen molar-refractivity contribution in [3.63, 3.8) is 0 Å². The standard InChI is InChI=1S/C12H9N3OS2/c16-11-13-10(14-12-15(11)6-7-17-12)18-8-9-4-2-1-3-5-9/h1-7H,8H2. The maximum atomic E-state index is 11.7. The predicted octanol–water partition coefficient (Wildman–Crippen LogP) is 2.44. The molecule has 0 aliphatic carbocycles. The zero-order valence-corrected chi connectivity index (χ0v) is 10.9. The van der Waals surface area contributed by atoms with E-state index in [9.17, 15) is 4.79 Å². The van der Waals surface area contributed by atoms with Crippen molar-refractivity contribution in [3.8, 4) is 0 Å². The highest BCUT2D eigenvalue weighted by atomic mass is 32.2. The van der Waals surface area contributed by atoms with E-state index in [0.717, 1.165) is 5.75 Å². The Balaban J connectivity index is 1.85. The van der Waals surface area contributed by atoms with Crippen molar-refractivity contribution in [2.45, 2.75) is 10.9 Å². The van der Waals surface area contributed by atoms with Crippen molar-refractivity contribution in [1.29, 1.82) is 0 Å². The smallest absolute Gasteiger partial charge is 0.245 e. The molecule has 0 bridgehead atoms. The van der Waals surface area contributed by atoms with Gasteiger partial charge in [-0.2, -0.15) is 9.97 Å². The summed E-state index contributed by atoms with van der Waals surface area (Å²) in [5.41, 5.74) is 0.925. The van der Waals surface area contributed by atoms with Gasteiger partial charge in [0.25, 0.3) is 0 Å². The average molecular weight is 275 g/mol. The molecule has 0 saturated heterocycles. The second kappa shape index (κ2) is 4.91. The first-order valence-corrected chi connectivity index (χ1v) is 7.20. The Morgan fingerprint density at radius 1 is 1.22 bits per heavy atom.